The van der Waals surface area contributed by atoms with Crippen molar-refractivity contribution < 1.29 is 18.3 Å². The fraction of sp³-hybridized carbons (Fsp3) is 0.250. The van der Waals surface area contributed by atoms with Gasteiger partial charge in [0.1, 0.15) is 12.4 Å². The van der Waals surface area contributed by atoms with Crippen molar-refractivity contribution in [2.75, 3.05) is 0 Å². The lowest BCUT2D eigenvalue weighted by Crippen LogP contribution is -2.06. The molecule has 0 atom stereocenters. The predicted molar refractivity (Wildman–Crippen MR) is 55.8 cm³/mol. The maximum atomic E-state index is 12.9. The van der Waals surface area contributed by atoms with Gasteiger partial charge in [-0.15, -0.1) is 0 Å². The molecule has 1 aromatic carbocycles. The van der Waals surface area contributed by atoms with Crippen LogP contribution in [0.1, 0.15) is 18.9 Å². The average molecular weight is 226 g/mol. The highest BCUT2D eigenvalue weighted by Crippen LogP contribution is 2.14. The minimum atomic E-state index is -1.45. The Morgan fingerprint density at radius 3 is 2.44 bits per heavy atom. The zero-order valence-electron chi connectivity index (χ0n) is 8.87. The van der Waals surface area contributed by atoms with Gasteiger partial charge in [-0.2, -0.15) is 4.39 Å². The number of esters is 1. The summed E-state index contributed by atoms with van der Waals surface area (Å²) in [6.45, 7) is 1.35. The lowest BCUT2D eigenvalue weighted by molar-refractivity contribution is -0.142. The quantitative estimate of drug-likeness (QED) is 0.581. The van der Waals surface area contributed by atoms with Gasteiger partial charge in [0.2, 0.25) is 5.83 Å². The second kappa shape index (κ2) is 6.00. The molecule has 0 spiro atoms. The Bertz CT molecular complexity index is 385. The molecule has 86 valence electrons. The second-order valence-electron chi connectivity index (χ2n) is 3.13. The summed E-state index contributed by atoms with van der Waals surface area (Å²) in [5.41, 5.74) is 0.723. The first kappa shape index (κ1) is 12.4. The molecule has 0 saturated carbocycles. The topological polar surface area (TPSA) is 26.3 Å². The Kier molecular flexibility index (Phi) is 4.64. The van der Waals surface area contributed by atoms with Crippen molar-refractivity contribution >= 4 is 5.97 Å². The molecule has 0 fully saturated rings. The third kappa shape index (κ3) is 3.46. The number of allylic oxidation sites excluding steroid dienone is 1. The van der Waals surface area contributed by atoms with Crippen LogP contribution in [0.2, 0.25) is 0 Å². The van der Waals surface area contributed by atoms with Crippen LogP contribution in [0.5, 0.6) is 0 Å². The maximum absolute atomic E-state index is 12.9. The van der Waals surface area contributed by atoms with E-state index in [4.69, 9.17) is 0 Å². The highest BCUT2D eigenvalue weighted by Gasteiger charge is 2.15. The Hall–Kier alpha value is -1.71. The van der Waals surface area contributed by atoms with E-state index in [0.717, 1.165) is 5.56 Å². The van der Waals surface area contributed by atoms with Crippen LogP contribution in [-0.2, 0) is 16.1 Å². The molecule has 0 saturated heterocycles. The highest BCUT2D eigenvalue weighted by molar-refractivity contribution is 5.86. The normalized spacial score (nSPS) is 11.9. The van der Waals surface area contributed by atoms with Crippen LogP contribution in [0.15, 0.2) is 42.0 Å². The lowest BCUT2D eigenvalue weighted by atomic mass is 10.2. The van der Waals surface area contributed by atoms with E-state index >= 15 is 0 Å². The Morgan fingerprint density at radius 2 is 1.88 bits per heavy atom. The van der Waals surface area contributed by atoms with Crippen LogP contribution in [-0.4, -0.2) is 5.97 Å². The number of halogens is 2. The molecule has 2 nitrogen and oxygen atoms in total. The zero-order valence-corrected chi connectivity index (χ0v) is 8.87. The van der Waals surface area contributed by atoms with E-state index in [-0.39, 0.29) is 13.0 Å². The van der Waals surface area contributed by atoms with Gasteiger partial charge in [0.25, 0.3) is 0 Å². The third-order valence-corrected chi connectivity index (χ3v) is 1.94. The number of hydrogen-bond acceptors (Lipinski definition) is 2. The fourth-order valence-corrected chi connectivity index (χ4v) is 1.05. The van der Waals surface area contributed by atoms with Crippen LogP contribution in [0.3, 0.4) is 0 Å². The monoisotopic (exact) mass is 226 g/mol. The molecule has 0 N–H and O–H groups in total. The van der Waals surface area contributed by atoms with Crippen molar-refractivity contribution in [2.45, 2.75) is 20.0 Å². The molecular formula is C12H12F2O2. The minimum absolute atomic E-state index is 0.0654. The van der Waals surface area contributed by atoms with Gasteiger partial charge in [-0.3, -0.25) is 0 Å². The van der Waals surface area contributed by atoms with Gasteiger partial charge in [-0.05, 0) is 12.0 Å². The Balaban J connectivity index is 2.54. The SMILES string of the molecule is CC/C(F)=C(/F)C(=O)OCc1ccccc1. The molecule has 16 heavy (non-hydrogen) atoms. The molecular weight excluding hydrogens is 214 g/mol. The summed E-state index contributed by atoms with van der Waals surface area (Å²) < 4.78 is 30.2. The number of rotatable bonds is 4. The van der Waals surface area contributed by atoms with Gasteiger partial charge in [0.05, 0.1) is 0 Å². The molecule has 0 aromatic heterocycles. The molecule has 0 aliphatic heterocycles. The molecule has 4 heteroatoms. The van der Waals surface area contributed by atoms with Crippen LogP contribution in [0, 0.1) is 0 Å². The van der Waals surface area contributed by atoms with Gasteiger partial charge >= 0.3 is 5.97 Å². The van der Waals surface area contributed by atoms with E-state index in [2.05, 4.69) is 4.74 Å². The first-order valence-electron chi connectivity index (χ1n) is 4.90. The summed E-state index contributed by atoms with van der Waals surface area (Å²) in [5, 5.41) is 0. The molecule has 0 radical (unpaired) electrons. The van der Waals surface area contributed by atoms with Crippen molar-refractivity contribution in [3.63, 3.8) is 0 Å². The standard InChI is InChI=1S/C12H12F2O2/c1-2-10(13)11(14)12(15)16-8-9-6-4-3-5-7-9/h3-7H,2,8H2,1H3/b11-10-. The van der Waals surface area contributed by atoms with E-state index in [9.17, 15) is 13.6 Å². The van der Waals surface area contributed by atoms with Crippen molar-refractivity contribution in [3.05, 3.63) is 47.5 Å². The molecule has 1 aromatic rings. The van der Waals surface area contributed by atoms with Gasteiger partial charge in [0, 0.05) is 0 Å². The maximum Gasteiger partial charge on any atom is 0.370 e. The summed E-state index contributed by atoms with van der Waals surface area (Å²) in [4.78, 5) is 11.0. The van der Waals surface area contributed by atoms with E-state index in [0.29, 0.717) is 0 Å². The summed E-state index contributed by atoms with van der Waals surface area (Å²) >= 11 is 0. The number of hydrogen-bond donors (Lipinski definition) is 0. The van der Waals surface area contributed by atoms with Gasteiger partial charge in [-0.25, -0.2) is 9.18 Å². The fourth-order valence-electron chi connectivity index (χ4n) is 1.05. The summed E-state index contributed by atoms with van der Waals surface area (Å²) in [5.74, 6) is -3.79. The first-order valence-corrected chi connectivity index (χ1v) is 4.90. The van der Waals surface area contributed by atoms with E-state index in [1.807, 2.05) is 6.07 Å². The van der Waals surface area contributed by atoms with E-state index in [1.54, 1.807) is 24.3 Å². The molecule has 0 aliphatic carbocycles. The number of ether oxygens (including phenoxy) is 1. The summed E-state index contributed by atoms with van der Waals surface area (Å²) in [6.07, 6.45) is -0.160. The summed E-state index contributed by atoms with van der Waals surface area (Å²) in [6, 6.07) is 8.79. The van der Waals surface area contributed by atoms with Crippen molar-refractivity contribution in [1.82, 2.24) is 0 Å². The van der Waals surface area contributed by atoms with Crippen LogP contribution in [0.4, 0.5) is 8.78 Å². The Morgan fingerprint density at radius 1 is 1.25 bits per heavy atom. The smallest absolute Gasteiger partial charge is 0.370 e. The van der Waals surface area contributed by atoms with Gasteiger partial charge in [0.15, 0.2) is 0 Å². The van der Waals surface area contributed by atoms with Crippen molar-refractivity contribution in [2.24, 2.45) is 0 Å². The molecule has 0 unspecified atom stereocenters. The molecule has 1 rings (SSSR count). The molecule has 0 amide bonds. The molecule has 0 heterocycles. The van der Waals surface area contributed by atoms with Gasteiger partial charge in [-0.1, -0.05) is 37.3 Å². The zero-order chi connectivity index (χ0) is 12.0. The summed E-state index contributed by atoms with van der Waals surface area (Å²) in [7, 11) is 0. The molecule has 0 aliphatic rings. The van der Waals surface area contributed by atoms with Gasteiger partial charge < -0.3 is 4.74 Å². The number of carbonyl (C=O) groups is 1. The lowest BCUT2D eigenvalue weighted by Gasteiger charge is -2.03. The van der Waals surface area contributed by atoms with Crippen molar-refractivity contribution in [3.8, 4) is 0 Å². The van der Waals surface area contributed by atoms with Crippen LogP contribution in [0.25, 0.3) is 0 Å². The third-order valence-electron chi connectivity index (χ3n) is 1.94. The Labute approximate surface area is 92.5 Å². The average Bonchev–Trinajstić information content (AvgIpc) is 2.35. The highest BCUT2D eigenvalue weighted by atomic mass is 19.2. The largest absolute Gasteiger partial charge is 0.455 e. The van der Waals surface area contributed by atoms with Crippen LogP contribution >= 0.6 is 0 Å². The number of carbonyl (C=O) groups excluding carboxylic acids is 1. The van der Waals surface area contributed by atoms with Crippen molar-refractivity contribution in [1.29, 1.82) is 0 Å². The van der Waals surface area contributed by atoms with E-state index < -0.39 is 17.6 Å². The second-order valence-corrected chi connectivity index (χ2v) is 3.13. The predicted octanol–water partition coefficient (Wildman–Crippen LogP) is 3.29. The first-order chi connectivity index (χ1) is 7.65. The van der Waals surface area contributed by atoms with E-state index in [1.165, 1.54) is 6.92 Å². The molecule has 0 bridgehead atoms. The number of benzene rings is 1. The minimum Gasteiger partial charge on any atom is -0.455 e. The van der Waals surface area contributed by atoms with Crippen LogP contribution < -0.4 is 0 Å².